The van der Waals surface area contributed by atoms with Crippen molar-refractivity contribution in [3.05, 3.63) is 24.3 Å². The van der Waals surface area contributed by atoms with Gasteiger partial charge in [0.15, 0.2) is 12.2 Å². The topological polar surface area (TPSA) is 237 Å². The van der Waals surface area contributed by atoms with Gasteiger partial charge in [0.25, 0.3) is 0 Å². The molecule has 584 valence electrons. The molecule has 0 aromatic rings. The highest BCUT2D eigenvalue weighted by Gasteiger charge is 2.30. The number of rotatable bonds is 76. The molecule has 0 aromatic carbocycles. The van der Waals surface area contributed by atoms with Crippen LogP contribution in [0.15, 0.2) is 24.3 Å². The van der Waals surface area contributed by atoms with E-state index in [1.807, 2.05) is 0 Å². The molecule has 0 amide bonds. The summed E-state index contributed by atoms with van der Waals surface area (Å²) < 4.78 is 68.6. The van der Waals surface area contributed by atoms with Gasteiger partial charge in [-0.15, -0.1) is 0 Å². The molecule has 19 heteroatoms. The van der Waals surface area contributed by atoms with Gasteiger partial charge in [0.1, 0.15) is 19.3 Å². The molecule has 0 heterocycles. The van der Waals surface area contributed by atoms with Crippen molar-refractivity contribution in [2.45, 2.75) is 407 Å². The second kappa shape index (κ2) is 69.9. The van der Waals surface area contributed by atoms with Crippen molar-refractivity contribution in [1.29, 1.82) is 0 Å². The highest BCUT2D eigenvalue weighted by atomic mass is 31.2. The van der Waals surface area contributed by atoms with Gasteiger partial charge in [-0.2, -0.15) is 0 Å². The minimum Gasteiger partial charge on any atom is -0.462 e. The van der Waals surface area contributed by atoms with Crippen LogP contribution in [0.25, 0.3) is 0 Å². The molecule has 3 N–H and O–H groups in total. The summed E-state index contributed by atoms with van der Waals surface area (Å²) in [5, 5.41) is 10.6. The lowest BCUT2D eigenvalue weighted by Gasteiger charge is -2.21. The number of esters is 4. The van der Waals surface area contributed by atoms with Crippen molar-refractivity contribution in [2.24, 2.45) is 17.8 Å². The van der Waals surface area contributed by atoms with Crippen LogP contribution in [0.2, 0.25) is 0 Å². The fourth-order valence-corrected chi connectivity index (χ4v) is 13.3. The molecule has 17 nitrogen and oxygen atoms in total. The van der Waals surface area contributed by atoms with E-state index in [4.69, 9.17) is 37.0 Å². The van der Waals surface area contributed by atoms with Crippen LogP contribution in [0.4, 0.5) is 0 Å². The van der Waals surface area contributed by atoms with Crippen LogP contribution in [0.5, 0.6) is 0 Å². The first-order chi connectivity index (χ1) is 47.8. The second-order valence-electron chi connectivity index (χ2n) is 29.1. The van der Waals surface area contributed by atoms with E-state index in [0.29, 0.717) is 25.7 Å². The molecule has 0 fully saturated rings. The summed E-state index contributed by atoms with van der Waals surface area (Å²) in [6.07, 6.45) is 60.4. The highest BCUT2D eigenvalue weighted by molar-refractivity contribution is 7.47. The van der Waals surface area contributed by atoms with Gasteiger partial charge >= 0.3 is 39.5 Å². The standard InChI is InChI=1S/C80H152O17P2/c1-8-11-12-13-14-15-16-17-18-25-30-35-40-49-56-63-80(85)97-76(68-91-78(83)62-55-48-43-42-46-53-60-73(7)10-3)70-95-99(88,89)93-66-74(81)65-92-98(86,87)94-69-75(96-79(84)64-57-50-41-36-31-26-21-22-27-32-37-44-51-58-71(4)5)67-90-77(82)61-54-47-39-34-29-24-20-19-23-28-33-38-45-52-59-72(6)9-2/h15-18,71-76,81H,8-14,19-70H2,1-7H3,(H,86,87)(H,88,89)/b16-15-,18-17-/t72?,73?,74-,75-,76-/m1/s1. The van der Waals surface area contributed by atoms with E-state index < -0.39 is 97.5 Å². The zero-order valence-electron chi connectivity index (χ0n) is 64.4. The number of phosphoric acid groups is 2. The summed E-state index contributed by atoms with van der Waals surface area (Å²) in [6.45, 7) is 11.9. The Kier molecular flexibility index (Phi) is 68.1. The quantitative estimate of drug-likeness (QED) is 0.0169. The van der Waals surface area contributed by atoms with Gasteiger partial charge in [-0.1, -0.05) is 336 Å². The van der Waals surface area contributed by atoms with Gasteiger partial charge in [-0.05, 0) is 69.1 Å². The number of aliphatic hydroxyl groups excluding tert-OH is 1. The lowest BCUT2D eigenvalue weighted by molar-refractivity contribution is -0.161. The zero-order chi connectivity index (χ0) is 73.0. The van der Waals surface area contributed by atoms with Crippen LogP contribution in [-0.2, 0) is 65.4 Å². The van der Waals surface area contributed by atoms with Gasteiger partial charge in [-0.25, -0.2) is 9.13 Å². The van der Waals surface area contributed by atoms with Crippen LogP contribution < -0.4 is 0 Å². The maximum Gasteiger partial charge on any atom is 0.472 e. The van der Waals surface area contributed by atoms with E-state index in [-0.39, 0.29) is 25.7 Å². The van der Waals surface area contributed by atoms with E-state index in [9.17, 15) is 43.2 Å². The molecule has 0 spiro atoms. The lowest BCUT2D eigenvalue weighted by atomic mass is 9.99. The Bertz CT molecular complexity index is 2020. The fraction of sp³-hybridized carbons (Fsp3) is 0.900. The Labute approximate surface area is 605 Å². The van der Waals surface area contributed by atoms with E-state index in [0.717, 1.165) is 127 Å². The highest BCUT2D eigenvalue weighted by Crippen LogP contribution is 2.45. The van der Waals surface area contributed by atoms with Crippen molar-refractivity contribution in [3.63, 3.8) is 0 Å². The van der Waals surface area contributed by atoms with Crippen molar-refractivity contribution < 1.29 is 80.2 Å². The second-order valence-corrected chi connectivity index (χ2v) is 32.0. The molecule has 7 atom stereocenters. The molecule has 0 radical (unpaired) electrons. The maximum atomic E-state index is 13.1. The number of hydrogen-bond donors (Lipinski definition) is 3. The Balaban J connectivity index is 5.28. The normalized spacial score (nSPS) is 14.7. The SMILES string of the molecule is CCCCCC/C=C\C=C/CCCCCCCC(=O)O[C@H](COC(=O)CCCCCCCCC(C)CC)COP(=O)(O)OC[C@H](O)COP(=O)(O)OC[C@@H](COC(=O)CCCCCCCCCCCCCCCCC(C)CC)OC(=O)CCCCCCCCCCCCCCCC(C)C. The number of hydrogen-bond acceptors (Lipinski definition) is 15. The number of aliphatic hydroxyl groups is 1. The molecule has 0 bridgehead atoms. The maximum absolute atomic E-state index is 13.1. The molecule has 4 unspecified atom stereocenters. The van der Waals surface area contributed by atoms with Crippen molar-refractivity contribution in [1.82, 2.24) is 0 Å². The molecular weight excluding hydrogens is 1290 g/mol. The number of phosphoric ester groups is 2. The third kappa shape index (κ3) is 71.0. The monoisotopic (exact) mass is 1450 g/mol. The lowest BCUT2D eigenvalue weighted by Crippen LogP contribution is -2.30. The zero-order valence-corrected chi connectivity index (χ0v) is 66.2. The van der Waals surface area contributed by atoms with E-state index >= 15 is 0 Å². The number of unbranched alkanes of at least 4 members (excludes halogenated alkanes) is 39. The molecule has 0 aromatic heterocycles. The molecular formula is C80H152O17P2. The van der Waals surface area contributed by atoms with Crippen molar-refractivity contribution in [3.8, 4) is 0 Å². The molecule has 0 saturated heterocycles. The minimum atomic E-state index is -4.97. The van der Waals surface area contributed by atoms with Crippen LogP contribution in [0, 0.1) is 17.8 Å². The van der Waals surface area contributed by atoms with Crippen LogP contribution in [0.1, 0.15) is 389 Å². The Morgan fingerprint density at radius 2 is 0.596 bits per heavy atom. The molecule has 0 saturated carbocycles. The van der Waals surface area contributed by atoms with Crippen LogP contribution in [0.3, 0.4) is 0 Å². The summed E-state index contributed by atoms with van der Waals surface area (Å²) in [5.41, 5.74) is 0. The molecule has 99 heavy (non-hydrogen) atoms. The Morgan fingerprint density at radius 1 is 0.333 bits per heavy atom. The molecule has 0 aliphatic carbocycles. The van der Waals surface area contributed by atoms with Gasteiger partial charge < -0.3 is 33.8 Å². The number of carbonyl (C=O) groups is 4. The predicted molar refractivity (Wildman–Crippen MR) is 404 cm³/mol. The number of carbonyl (C=O) groups excluding carboxylic acids is 4. The summed E-state index contributed by atoms with van der Waals surface area (Å²) in [6, 6.07) is 0. The van der Waals surface area contributed by atoms with Gasteiger partial charge in [0.05, 0.1) is 26.4 Å². The summed E-state index contributed by atoms with van der Waals surface area (Å²) in [5.74, 6) is 0.217. The van der Waals surface area contributed by atoms with Gasteiger partial charge in [-0.3, -0.25) is 37.3 Å². The number of allylic oxidation sites excluding steroid dienone is 4. The van der Waals surface area contributed by atoms with Crippen molar-refractivity contribution in [2.75, 3.05) is 39.6 Å². The average molecular weight is 1450 g/mol. The predicted octanol–water partition coefficient (Wildman–Crippen LogP) is 23.3. The minimum absolute atomic E-state index is 0.0840. The third-order valence-corrected chi connectivity index (χ3v) is 20.6. The summed E-state index contributed by atoms with van der Waals surface area (Å²) in [4.78, 5) is 73.0. The third-order valence-electron chi connectivity index (χ3n) is 18.7. The number of ether oxygens (including phenoxy) is 4. The van der Waals surface area contributed by atoms with E-state index in [2.05, 4.69) is 72.8 Å². The first-order valence-corrected chi connectivity index (χ1v) is 43.7. The Morgan fingerprint density at radius 3 is 0.899 bits per heavy atom. The summed E-state index contributed by atoms with van der Waals surface area (Å²) >= 11 is 0. The first kappa shape index (κ1) is 96.5. The van der Waals surface area contributed by atoms with Gasteiger partial charge in [0.2, 0.25) is 0 Å². The molecule has 0 aliphatic rings. The van der Waals surface area contributed by atoms with Crippen LogP contribution >= 0.6 is 15.6 Å². The van der Waals surface area contributed by atoms with Gasteiger partial charge in [0, 0.05) is 25.7 Å². The molecule has 0 aliphatic heterocycles. The largest absolute Gasteiger partial charge is 0.472 e. The molecule has 0 rings (SSSR count). The Hall–Kier alpha value is -2.46. The van der Waals surface area contributed by atoms with Crippen LogP contribution in [-0.4, -0.2) is 96.7 Å². The van der Waals surface area contributed by atoms with E-state index in [1.54, 1.807) is 0 Å². The summed E-state index contributed by atoms with van der Waals surface area (Å²) in [7, 11) is -9.93. The first-order valence-electron chi connectivity index (χ1n) is 40.7. The smallest absolute Gasteiger partial charge is 0.462 e. The fourth-order valence-electron chi connectivity index (χ4n) is 11.7. The average Bonchev–Trinajstić information content (AvgIpc) is 1.01. The van der Waals surface area contributed by atoms with E-state index in [1.165, 1.54) is 180 Å². The van der Waals surface area contributed by atoms with Crippen molar-refractivity contribution >= 4 is 39.5 Å².